The van der Waals surface area contributed by atoms with Crippen molar-refractivity contribution in [2.75, 3.05) is 0 Å². The molecule has 0 amide bonds. The maximum absolute atomic E-state index is 5.83. The van der Waals surface area contributed by atoms with Gasteiger partial charge in [0.05, 0.1) is 6.20 Å². The molecular weight excluding hydrogens is 162 g/mol. The van der Waals surface area contributed by atoms with Crippen LogP contribution < -0.4 is 5.73 Å². The van der Waals surface area contributed by atoms with Gasteiger partial charge >= 0.3 is 0 Å². The fourth-order valence-electron chi connectivity index (χ4n) is 1.75. The van der Waals surface area contributed by atoms with E-state index >= 15 is 0 Å². The number of nitrogens with two attached hydrogens (primary N) is 1. The minimum absolute atomic E-state index is 0.147. The third-order valence-corrected chi connectivity index (χ3v) is 2.66. The van der Waals surface area contributed by atoms with Gasteiger partial charge < -0.3 is 5.73 Å². The smallest absolute Gasteiger partial charge is 0.0525 e. The van der Waals surface area contributed by atoms with Crippen molar-refractivity contribution < 1.29 is 0 Å². The van der Waals surface area contributed by atoms with Crippen LogP contribution in [0.5, 0.6) is 0 Å². The Morgan fingerprint density at radius 2 is 2.15 bits per heavy atom. The summed E-state index contributed by atoms with van der Waals surface area (Å²) in [6, 6.07) is 0.360. The third-order valence-electron chi connectivity index (χ3n) is 2.66. The molecule has 3 heteroatoms. The van der Waals surface area contributed by atoms with Crippen molar-refractivity contribution >= 4 is 0 Å². The largest absolute Gasteiger partial charge is 0.327 e. The summed E-state index contributed by atoms with van der Waals surface area (Å²) < 4.78 is 0. The van der Waals surface area contributed by atoms with Crippen LogP contribution in [0.25, 0.3) is 0 Å². The molecule has 2 atom stereocenters. The molecule has 0 radical (unpaired) electrons. The van der Waals surface area contributed by atoms with E-state index in [2.05, 4.69) is 31.0 Å². The van der Waals surface area contributed by atoms with Crippen LogP contribution in [0.2, 0.25) is 0 Å². The van der Waals surface area contributed by atoms with Gasteiger partial charge in [-0.25, -0.2) is 0 Å². The van der Waals surface area contributed by atoms with E-state index in [4.69, 9.17) is 5.73 Å². The first-order chi connectivity index (χ1) is 6.00. The van der Waals surface area contributed by atoms with E-state index in [1.54, 1.807) is 0 Å². The third kappa shape index (κ3) is 1.48. The summed E-state index contributed by atoms with van der Waals surface area (Å²) >= 11 is 0. The van der Waals surface area contributed by atoms with Crippen LogP contribution in [0.3, 0.4) is 0 Å². The van der Waals surface area contributed by atoms with E-state index in [0.29, 0.717) is 12.0 Å². The van der Waals surface area contributed by atoms with Gasteiger partial charge in [0, 0.05) is 23.1 Å². The van der Waals surface area contributed by atoms with E-state index in [0.717, 1.165) is 6.42 Å². The average Bonchev–Trinajstić information content (AvgIpc) is 2.57. The van der Waals surface area contributed by atoms with Crippen molar-refractivity contribution in [3.05, 3.63) is 17.5 Å². The summed E-state index contributed by atoms with van der Waals surface area (Å²) in [5.41, 5.74) is 8.54. The predicted octanol–water partition coefficient (Wildman–Crippen LogP) is 1.52. The Labute approximate surface area is 78.7 Å². The fourth-order valence-corrected chi connectivity index (χ4v) is 1.75. The maximum Gasteiger partial charge on any atom is 0.0525 e. The highest BCUT2D eigenvalue weighted by Gasteiger charge is 2.39. The van der Waals surface area contributed by atoms with Gasteiger partial charge in [-0.15, -0.1) is 0 Å². The molecular formula is C10H17N3. The molecule has 0 saturated heterocycles. The molecule has 72 valence electrons. The van der Waals surface area contributed by atoms with Crippen LogP contribution in [0.4, 0.5) is 0 Å². The molecule has 0 aliphatic heterocycles. The predicted molar refractivity (Wildman–Crippen MR) is 52.6 cm³/mol. The average molecular weight is 179 g/mol. The fraction of sp³-hybridized carbons (Fsp3) is 0.700. The lowest BCUT2D eigenvalue weighted by atomic mass is 9.88. The highest BCUT2D eigenvalue weighted by Crippen LogP contribution is 2.42. The Bertz CT molecular complexity index is 308. The van der Waals surface area contributed by atoms with Gasteiger partial charge in [0.2, 0.25) is 0 Å². The van der Waals surface area contributed by atoms with Crippen molar-refractivity contribution in [3.8, 4) is 0 Å². The molecule has 1 aliphatic carbocycles. The van der Waals surface area contributed by atoms with Gasteiger partial charge in [0.1, 0.15) is 0 Å². The molecule has 1 saturated carbocycles. The molecule has 1 heterocycles. The zero-order valence-corrected chi connectivity index (χ0v) is 8.46. The standard InChI is InChI=1S/C10H17N3/c1-10(2,3)9-7(5-12-13-9)6-4-8(6)11/h5-6,8H,4,11H2,1-3H3,(H,12,13)/t6-,8+/m0/s1. The number of nitrogens with one attached hydrogen (secondary N) is 1. The number of nitrogens with zero attached hydrogens (tertiary/aromatic N) is 1. The Hall–Kier alpha value is -0.830. The number of H-pyrrole nitrogens is 1. The minimum Gasteiger partial charge on any atom is -0.327 e. The Kier molecular flexibility index (Phi) is 1.74. The lowest BCUT2D eigenvalue weighted by molar-refractivity contribution is 0.560. The molecule has 3 N–H and O–H groups in total. The van der Waals surface area contributed by atoms with Crippen LogP contribution >= 0.6 is 0 Å². The highest BCUT2D eigenvalue weighted by atomic mass is 15.1. The van der Waals surface area contributed by atoms with E-state index in [1.165, 1.54) is 11.3 Å². The van der Waals surface area contributed by atoms with Gasteiger partial charge in [-0.2, -0.15) is 5.10 Å². The molecule has 3 nitrogen and oxygen atoms in total. The monoisotopic (exact) mass is 179 g/mol. The second-order valence-corrected chi connectivity index (χ2v) is 4.96. The molecule has 0 bridgehead atoms. The van der Waals surface area contributed by atoms with Crippen molar-refractivity contribution in [1.29, 1.82) is 0 Å². The summed E-state index contributed by atoms with van der Waals surface area (Å²) in [5, 5.41) is 7.19. The topological polar surface area (TPSA) is 54.7 Å². The first-order valence-electron chi connectivity index (χ1n) is 4.79. The van der Waals surface area contributed by atoms with Crippen LogP contribution in [-0.2, 0) is 5.41 Å². The number of aromatic amines is 1. The minimum atomic E-state index is 0.147. The Morgan fingerprint density at radius 1 is 1.54 bits per heavy atom. The van der Waals surface area contributed by atoms with E-state index in [-0.39, 0.29) is 5.41 Å². The van der Waals surface area contributed by atoms with Crippen molar-refractivity contribution in [1.82, 2.24) is 10.2 Å². The van der Waals surface area contributed by atoms with Crippen LogP contribution in [0.1, 0.15) is 44.4 Å². The van der Waals surface area contributed by atoms with Crippen LogP contribution in [0.15, 0.2) is 6.20 Å². The molecule has 1 aliphatic rings. The normalized spacial score (nSPS) is 27.7. The van der Waals surface area contributed by atoms with Gasteiger partial charge in [0.15, 0.2) is 0 Å². The van der Waals surface area contributed by atoms with Crippen molar-refractivity contribution in [2.45, 2.75) is 44.6 Å². The molecule has 0 aromatic carbocycles. The first kappa shape index (κ1) is 8.75. The Morgan fingerprint density at radius 3 is 2.62 bits per heavy atom. The zero-order valence-electron chi connectivity index (χ0n) is 8.46. The summed E-state index contributed by atoms with van der Waals surface area (Å²) in [4.78, 5) is 0. The van der Waals surface area contributed by atoms with Gasteiger partial charge in [-0.05, 0) is 12.0 Å². The van der Waals surface area contributed by atoms with Crippen LogP contribution in [0, 0.1) is 0 Å². The lowest BCUT2D eigenvalue weighted by Crippen LogP contribution is -2.15. The molecule has 2 rings (SSSR count). The highest BCUT2D eigenvalue weighted by molar-refractivity contribution is 5.33. The summed E-state index contributed by atoms with van der Waals surface area (Å²) in [7, 11) is 0. The van der Waals surface area contributed by atoms with E-state index < -0.39 is 0 Å². The van der Waals surface area contributed by atoms with Gasteiger partial charge in [-0.3, -0.25) is 5.10 Å². The molecule has 1 aromatic heterocycles. The first-order valence-corrected chi connectivity index (χ1v) is 4.79. The lowest BCUT2D eigenvalue weighted by Gasteiger charge is -2.18. The maximum atomic E-state index is 5.83. The van der Waals surface area contributed by atoms with Crippen molar-refractivity contribution in [3.63, 3.8) is 0 Å². The summed E-state index contributed by atoms with van der Waals surface area (Å²) in [5.74, 6) is 0.549. The van der Waals surface area contributed by atoms with Crippen molar-refractivity contribution in [2.24, 2.45) is 5.73 Å². The van der Waals surface area contributed by atoms with Crippen LogP contribution in [-0.4, -0.2) is 16.2 Å². The molecule has 1 aromatic rings. The second-order valence-electron chi connectivity index (χ2n) is 4.96. The number of hydrogen-bond donors (Lipinski definition) is 2. The number of aromatic nitrogens is 2. The quantitative estimate of drug-likeness (QED) is 0.686. The van der Waals surface area contributed by atoms with E-state index in [1.807, 2.05) is 6.20 Å². The summed E-state index contributed by atoms with van der Waals surface area (Å²) in [6.07, 6.45) is 3.04. The van der Waals surface area contributed by atoms with Gasteiger partial charge in [0.25, 0.3) is 0 Å². The summed E-state index contributed by atoms with van der Waals surface area (Å²) in [6.45, 7) is 6.58. The molecule has 1 fully saturated rings. The molecule has 0 unspecified atom stereocenters. The Balaban J connectivity index is 2.32. The second kappa shape index (κ2) is 2.58. The SMILES string of the molecule is CC(C)(C)c1[nH]ncc1[C@@H]1C[C@H]1N. The number of hydrogen-bond acceptors (Lipinski definition) is 2. The molecule has 13 heavy (non-hydrogen) atoms. The zero-order chi connectivity index (χ0) is 9.64. The number of rotatable bonds is 1. The molecule has 0 spiro atoms. The van der Waals surface area contributed by atoms with Gasteiger partial charge in [-0.1, -0.05) is 20.8 Å². The van der Waals surface area contributed by atoms with E-state index in [9.17, 15) is 0 Å².